The van der Waals surface area contributed by atoms with E-state index in [0.29, 0.717) is 5.56 Å². The number of hydrogen-bond acceptors (Lipinski definition) is 3. The topological polar surface area (TPSA) is 54.0 Å². The number of nitrogens with one attached hydrogen (secondary N) is 2. The van der Waals surface area contributed by atoms with Crippen LogP contribution in [0.2, 0.25) is 0 Å². The van der Waals surface area contributed by atoms with E-state index in [2.05, 4.69) is 31.5 Å². The van der Waals surface area contributed by atoms with Crippen LogP contribution in [0.25, 0.3) is 0 Å². The number of aromatic nitrogens is 1. The molecule has 0 spiro atoms. The minimum atomic E-state index is -0.189. The van der Waals surface area contributed by atoms with Gasteiger partial charge in [-0.15, -0.1) is 0 Å². The summed E-state index contributed by atoms with van der Waals surface area (Å²) in [6.07, 6.45) is 3.24. The van der Waals surface area contributed by atoms with Crippen LogP contribution >= 0.6 is 15.9 Å². The highest BCUT2D eigenvalue weighted by atomic mass is 79.9. The summed E-state index contributed by atoms with van der Waals surface area (Å²) in [4.78, 5) is 16.5. The first-order chi connectivity index (χ1) is 11.6. The van der Waals surface area contributed by atoms with Crippen molar-refractivity contribution in [1.82, 2.24) is 4.98 Å². The number of nitrogens with zero attached hydrogens (tertiary/aromatic N) is 1. The SMILES string of the molecule is Cc1cccc(NC(=O)c2cncc(Nc3cccc(Br)c3)c2)c1. The maximum atomic E-state index is 12.4. The second kappa shape index (κ2) is 7.27. The summed E-state index contributed by atoms with van der Waals surface area (Å²) in [7, 11) is 0. The summed E-state index contributed by atoms with van der Waals surface area (Å²) < 4.78 is 0.980. The number of hydrogen-bond donors (Lipinski definition) is 2. The molecule has 0 aliphatic rings. The van der Waals surface area contributed by atoms with E-state index in [1.807, 2.05) is 55.5 Å². The van der Waals surface area contributed by atoms with Crippen molar-refractivity contribution in [1.29, 1.82) is 0 Å². The van der Waals surface area contributed by atoms with Gasteiger partial charge in [0.05, 0.1) is 17.4 Å². The van der Waals surface area contributed by atoms with E-state index in [1.165, 1.54) is 0 Å². The zero-order chi connectivity index (χ0) is 16.9. The molecule has 24 heavy (non-hydrogen) atoms. The van der Waals surface area contributed by atoms with Gasteiger partial charge in [0.15, 0.2) is 0 Å². The lowest BCUT2D eigenvalue weighted by Crippen LogP contribution is -2.12. The van der Waals surface area contributed by atoms with Gasteiger partial charge in [0.2, 0.25) is 0 Å². The average molecular weight is 382 g/mol. The summed E-state index contributed by atoms with van der Waals surface area (Å²) >= 11 is 3.44. The van der Waals surface area contributed by atoms with Crippen LogP contribution < -0.4 is 10.6 Å². The van der Waals surface area contributed by atoms with Crippen LogP contribution in [0.15, 0.2) is 71.5 Å². The van der Waals surface area contributed by atoms with Crippen LogP contribution in [0.4, 0.5) is 17.1 Å². The largest absolute Gasteiger partial charge is 0.354 e. The summed E-state index contributed by atoms with van der Waals surface area (Å²) in [5.41, 5.74) is 4.03. The lowest BCUT2D eigenvalue weighted by molar-refractivity contribution is 0.102. The van der Waals surface area contributed by atoms with Crippen molar-refractivity contribution in [3.63, 3.8) is 0 Å². The van der Waals surface area contributed by atoms with Gasteiger partial charge in [-0.1, -0.05) is 34.1 Å². The molecule has 0 unspecified atom stereocenters. The van der Waals surface area contributed by atoms with Crippen molar-refractivity contribution in [3.05, 3.63) is 82.6 Å². The molecule has 0 atom stereocenters. The fraction of sp³-hybridized carbons (Fsp3) is 0.0526. The summed E-state index contributed by atoms with van der Waals surface area (Å²) in [5, 5.41) is 6.13. The van der Waals surface area contributed by atoms with Gasteiger partial charge in [0.1, 0.15) is 0 Å². The molecule has 2 N–H and O–H groups in total. The Kier molecular flexibility index (Phi) is 4.91. The fourth-order valence-electron chi connectivity index (χ4n) is 2.29. The Labute approximate surface area is 149 Å². The number of aryl methyl sites for hydroxylation is 1. The third kappa shape index (κ3) is 4.20. The smallest absolute Gasteiger partial charge is 0.257 e. The van der Waals surface area contributed by atoms with Gasteiger partial charge in [0.25, 0.3) is 5.91 Å². The standard InChI is InChI=1S/C19H16BrN3O/c1-13-4-2-6-16(8-13)23-19(24)14-9-18(12-21-11-14)22-17-7-3-5-15(20)10-17/h2-12,22H,1H3,(H,23,24). The predicted molar refractivity (Wildman–Crippen MR) is 101 cm³/mol. The van der Waals surface area contributed by atoms with Crippen LogP contribution in [0, 0.1) is 6.92 Å². The Hall–Kier alpha value is -2.66. The van der Waals surface area contributed by atoms with Crippen LogP contribution in [0.5, 0.6) is 0 Å². The third-order valence-electron chi connectivity index (χ3n) is 3.39. The Balaban J connectivity index is 1.76. The van der Waals surface area contributed by atoms with E-state index in [-0.39, 0.29) is 5.91 Å². The second-order valence-electron chi connectivity index (χ2n) is 5.42. The van der Waals surface area contributed by atoms with Crippen LogP contribution in [-0.4, -0.2) is 10.9 Å². The zero-order valence-electron chi connectivity index (χ0n) is 13.1. The molecule has 3 rings (SSSR count). The van der Waals surface area contributed by atoms with E-state index in [9.17, 15) is 4.79 Å². The Morgan fingerprint density at radius 3 is 2.54 bits per heavy atom. The fourth-order valence-corrected chi connectivity index (χ4v) is 2.69. The molecule has 0 radical (unpaired) electrons. The van der Waals surface area contributed by atoms with Gasteiger partial charge in [-0.2, -0.15) is 0 Å². The van der Waals surface area contributed by atoms with Crippen LogP contribution in [0.1, 0.15) is 15.9 Å². The van der Waals surface area contributed by atoms with E-state index < -0.39 is 0 Å². The third-order valence-corrected chi connectivity index (χ3v) is 3.88. The first-order valence-electron chi connectivity index (χ1n) is 7.46. The molecule has 1 amide bonds. The van der Waals surface area contributed by atoms with Crippen molar-refractivity contribution in [2.24, 2.45) is 0 Å². The molecular formula is C19H16BrN3O. The highest BCUT2D eigenvalue weighted by Gasteiger charge is 2.08. The molecular weight excluding hydrogens is 366 g/mol. The van der Waals surface area contributed by atoms with Crippen LogP contribution in [-0.2, 0) is 0 Å². The number of benzene rings is 2. The van der Waals surface area contributed by atoms with Crippen molar-refractivity contribution in [2.75, 3.05) is 10.6 Å². The summed E-state index contributed by atoms with van der Waals surface area (Å²) in [6.45, 7) is 1.99. The quantitative estimate of drug-likeness (QED) is 0.656. The molecule has 1 heterocycles. The maximum absolute atomic E-state index is 12.4. The normalized spacial score (nSPS) is 10.2. The minimum absolute atomic E-state index is 0.189. The second-order valence-corrected chi connectivity index (χ2v) is 6.34. The highest BCUT2D eigenvalue weighted by molar-refractivity contribution is 9.10. The summed E-state index contributed by atoms with van der Waals surface area (Å²) in [6, 6.07) is 17.3. The number of anilines is 3. The van der Waals surface area contributed by atoms with Gasteiger partial charge in [-0.25, -0.2) is 0 Å². The van der Waals surface area contributed by atoms with E-state index in [4.69, 9.17) is 0 Å². The van der Waals surface area contributed by atoms with Crippen LogP contribution in [0.3, 0.4) is 0 Å². The number of halogens is 1. The van der Waals surface area contributed by atoms with Crippen molar-refractivity contribution >= 4 is 38.9 Å². The van der Waals surface area contributed by atoms with Crippen molar-refractivity contribution in [2.45, 2.75) is 6.92 Å². The molecule has 0 fully saturated rings. The molecule has 0 bridgehead atoms. The molecule has 120 valence electrons. The predicted octanol–water partition coefficient (Wildman–Crippen LogP) is 5.15. The minimum Gasteiger partial charge on any atom is -0.354 e. The van der Waals surface area contributed by atoms with E-state index >= 15 is 0 Å². The number of amides is 1. The first kappa shape index (κ1) is 16.2. The first-order valence-corrected chi connectivity index (χ1v) is 8.25. The monoisotopic (exact) mass is 381 g/mol. The number of carbonyl (C=O) groups excluding carboxylic acids is 1. The summed E-state index contributed by atoms with van der Waals surface area (Å²) in [5.74, 6) is -0.189. The molecule has 0 saturated heterocycles. The average Bonchev–Trinajstić information content (AvgIpc) is 2.55. The number of rotatable bonds is 4. The molecule has 0 aliphatic heterocycles. The van der Waals surface area contributed by atoms with Gasteiger partial charge in [0, 0.05) is 22.0 Å². The van der Waals surface area contributed by atoms with E-state index in [0.717, 1.165) is 27.1 Å². The van der Waals surface area contributed by atoms with Crippen molar-refractivity contribution < 1.29 is 4.79 Å². The number of pyridine rings is 1. The van der Waals surface area contributed by atoms with E-state index in [1.54, 1.807) is 18.5 Å². The molecule has 2 aromatic carbocycles. The molecule has 0 saturated carbocycles. The molecule has 0 aliphatic carbocycles. The lowest BCUT2D eigenvalue weighted by Gasteiger charge is -2.09. The van der Waals surface area contributed by atoms with Gasteiger partial charge in [-0.3, -0.25) is 9.78 Å². The molecule has 5 heteroatoms. The van der Waals surface area contributed by atoms with Crippen molar-refractivity contribution in [3.8, 4) is 0 Å². The Morgan fingerprint density at radius 1 is 0.958 bits per heavy atom. The lowest BCUT2D eigenvalue weighted by atomic mass is 10.2. The number of carbonyl (C=O) groups is 1. The van der Waals surface area contributed by atoms with Gasteiger partial charge in [-0.05, 0) is 48.9 Å². The molecule has 1 aromatic heterocycles. The maximum Gasteiger partial charge on any atom is 0.257 e. The molecule has 3 aromatic rings. The van der Waals surface area contributed by atoms with Gasteiger partial charge < -0.3 is 10.6 Å². The zero-order valence-corrected chi connectivity index (χ0v) is 14.7. The highest BCUT2D eigenvalue weighted by Crippen LogP contribution is 2.21. The van der Waals surface area contributed by atoms with Gasteiger partial charge >= 0.3 is 0 Å². The molecule has 4 nitrogen and oxygen atoms in total. The Bertz CT molecular complexity index is 880. The Morgan fingerprint density at radius 2 is 1.75 bits per heavy atom.